The van der Waals surface area contributed by atoms with Gasteiger partial charge in [-0.25, -0.2) is 4.31 Å². The zero-order valence-corrected chi connectivity index (χ0v) is 11.9. The lowest BCUT2D eigenvalue weighted by Crippen LogP contribution is -2.23. The van der Waals surface area contributed by atoms with Crippen LogP contribution in [0.3, 0.4) is 0 Å². The largest absolute Gasteiger partial charge is 0.260 e. The number of nitrogens with zero attached hydrogens (tertiary/aromatic N) is 2. The highest BCUT2D eigenvalue weighted by Crippen LogP contribution is 2.28. The van der Waals surface area contributed by atoms with E-state index in [4.69, 9.17) is 11.6 Å². The summed E-state index contributed by atoms with van der Waals surface area (Å²) in [5.74, 6) is 0. The highest BCUT2D eigenvalue weighted by Gasteiger charge is 2.16. The molecule has 0 bridgehead atoms. The Bertz CT molecular complexity index is 336. The molecular weight excluding hydrogens is 240 g/mol. The number of hydrogen-bond donors (Lipinski definition) is 0. The van der Waals surface area contributed by atoms with Crippen molar-refractivity contribution in [3.05, 3.63) is 29.0 Å². The molecule has 0 aromatic carbocycles. The molecule has 90 valence electrons. The Morgan fingerprint density at radius 3 is 2.62 bits per heavy atom. The van der Waals surface area contributed by atoms with Gasteiger partial charge in [0.1, 0.15) is 0 Å². The Labute approximate surface area is 108 Å². The van der Waals surface area contributed by atoms with Crippen LogP contribution in [0.4, 0.5) is 0 Å². The third kappa shape index (κ3) is 5.19. The molecular formula is C12H19ClN2S. The van der Waals surface area contributed by atoms with Crippen molar-refractivity contribution in [1.29, 1.82) is 0 Å². The Hall–Kier alpha value is -0.250. The quantitative estimate of drug-likeness (QED) is 0.760. The van der Waals surface area contributed by atoms with E-state index in [0.717, 1.165) is 23.8 Å². The van der Waals surface area contributed by atoms with Crippen molar-refractivity contribution in [3.8, 4) is 0 Å². The monoisotopic (exact) mass is 258 g/mol. The van der Waals surface area contributed by atoms with Crippen molar-refractivity contribution < 1.29 is 0 Å². The molecule has 2 nitrogen and oxygen atoms in total. The van der Waals surface area contributed by atoms with Gasteiger partial charge in [-0.3, -0.25) is 4.98 Å². The highest BCUT2D eigenvalue weighted by molar-refractivity contribution is 7.98. The van der Waals surface area contributed by atoms with Crippen molar-refractivity contribution >= 4 is 23.5 Å². The lowest BCUT2D eigenvalue weighted by molar-refractivity contribution is 0.476. The van der Waals surface area contributed by atoms with E-state index in [-0.39, 0.29) is 4.75 Å². The topological polar surface area (TPSA) is 16.1 Å². The van der Waals surface area contributed by atoms with E-state index in [1.807, 2.05) is 18.0 Å². The predicted molar refractivity (Wildman–Crippen MR) is 72.7 cm³/mol. The van der Waals surface area contributed by atoms with Crippen LogP contribution in [0.25, 0.3) is 0 Å². The first kappa shape index (κ1) is 13.8. The summed E-state index contributed by atoms with van der Waals surface area (Å²) in [6, 6.07) is 3.73. The molecule has 4 heteroatoms. The number of aromatic nitrogens is 1. The van der Waals surface area contributed by atoms with Gasteiger partial charge in [0.2, 0.25) is 0 Å². The number of hydrogen-bond acceptors (Lipinski definition) is 3. The van der Waals surface area contributed by atoms with Gasteiger partial charge in [-0.2, -0.15) is 0 Å². The van der Waals surface area contributed by atoms with E-state index in [1.165, 1.54) is 0 Å². The molecule has 0 N–H and O–H groups in total. The van der Waals surface area contributed by atoms with Crippen LogP contribution in [-0.4, -0.2) is 20.6 Å². The van der Waals surface area contributed by atoms with Crippen LogP contribution in [0.2, 0.25) is 5.02 Å². The summed E-state index contributed by atoms with van der Waals surface area (Å²) >= 11 is 7.79. The summed E-state index contributed by atoms with van der Waals surface area (Å²) in [6.07, 6.45) is 1.76. The summed E-state index contributed by atoms with van der Waals surface area (Å²) in [4.78, 5) is 4.32. The molecule has 0 fully saturated rings. The highest BCUT2D eigenvalue weighted by atomic mass is 35.5. The van der Waals surface area contributed by atoms with Gasteiger partial charge in [-0.05, 0) is 32.9 Å². The molecule has 0 aliphatic carbocycles. The van der Waals surface area contributed by atoms with Gasteiger partial charge in [0.25, 0.3) is 0 Å². The van der Waals surface area contributed by atoms with E-state index in [1.54, 1.807) is 12.3 Å². The smallest absolute Gasteiger partial charge is 0.0568 e. The number of rotatable bonds is 4. The van der Waals surface area contributed by atoms with E-state index >= 15 is 0 Å². The second kappa shape index (κ2) is 5.89. The lowest BCUT2D eigenvalue weighted by atomic mass is 10.3. The van der Waals surface area contributed by atoms with E-state index < -0.39 is 0 Å². The Morgan fingerprint density at radius 2 is 2.12 bits per heavy atom. The maximum atomic E-state index is 5.94. The molecule has 0 saturated carbocycles. The second-order valence-electron chi connectivity index (χ2n) is 4.63. The lowest BCUT2D eigenvalue weighted by Gasteiger charge is -2.27. The average Bonchev–Trinajstić information content (AvgIpc) is 2.14. The van der Waals surface area contributed by atoms with E-state index in [2.05, 4.69) is 37.0 Å². The van der Waals surface area contributed by atoms with Crippen molar-refractivity contribution in [3.63, 3.8) is 0 Å². The Morgan fingerprint density at radius 1 is 1.44 bits per heavy atom. The summed E-state index contributed by atoms with van der Waals surface area (Å²) in [5, 5.41) is 0.752. The van der Waals surface area contributed by atoms with Crippen molar-refractivity contribution in [1.82, 2.24) is 9.29 Å². The van der Waals surface area contributed by atoms with E-state index in [0.29, 0.717) is 0 Å². The molecule has 0 saturated heterocycles. The fourth-order valence-corrected chi connectivity index (χ4v) is 2.59. The summed E-state index contributed by atoms with van der Waals surface area (Å²) in [5.41, 5.74) is 1.02. The van der Waals surface area contributed by atoms with Gasteiger partial charge in [-0.1, -0.05) is 30.5 Å². The van der Waals surface area contributed by atoms with Gasteiger partial charge in [0.05, 0.1) is 12.2 Å². The third-order valence-corrected chi connectivity index (χ3v) is 3.30. The first-order valence-corrected chi connectivity index (χ1v) is 6.60. The summed E-state index contributed by atoms with van der Waals surface area (Å²) < 4.78 is 2.53. The first-order valence-electron chi connectivity index (χ1n) is 5.45. The molecule has 16 heavy (non-hydrogen) atoms. The van der Waals surface area contributed by atoms with Crippen molar-refractivity contribution in [2.75, 3.05) is 6.54 Å². The molecule has 0 spiro atoms. The van der Waals surface area contributed by atoms with Crippen LogP contribution in [0.5, 0.6) is 0 Å². The van der Waals surface area contributed by atoms with Crippen LogP contribution in [0.15, 0.2) is 18.3 Å². The van der Waals surface area contributed by atoms with Gasteiger partial charge >= 0.3 is 0 Å². The summed E-state index contributed by atoms with van der Waals surface area (Å²) in [7, 11) is 0. The van der Waals surface area contributed by atoms with Gasteiger partial charge in [-0.15, -0.1) is 0 Å². The van der Waals surface area contributed by atoms with Crippen LogP contribution in [0, 0.1) is 0 Å². The zero-order valence-electron chi connectivity index (χ0n) is 10.3. The van der Waals surface area contributed by atoms with Crippen LogP contribution in [-0.2, 0) is 6.54 Å². The third-order valence-electron chi connectivity index (χ3n) is 1.87. The molecule has 0 aliphatic rings. The van der Waals surface area contributed by atoms with E-state index in [9.17, 15) is 0 Å². The summed E-state index contributed by atoms with van der Waals surface area (Å²) in [6.45, 7) is 10.6. The first-order chi connectivity index (χ1) is 7.40. The molecule has 1 heterocycles. The minimum absolute atomic E-state index is 0.231. The minimum atomic E-state index is 0.231. The van der Waals surface area contributed by atoms with Crippen LogP contribution >= 0.6 is 23.5 Å². The predicted octanol–water partition coefficient (Wildman–Crippen LogP) is 4.00. The van der Waals surface area contributed by atoms with Crippen molar-refractivity contribution in [2.24, 2.45) is 0 Å². The molecule has 0 radical (unpaired) electrons. The van der Waals surface area contributed by atoms with Gasteiger partial charge in [0.15, 0.2) is 0 Å². The SMILES string of the molecule is CCN(Cc1cc(Cl)ccn1)SC(C)(C)C. The molecule has 0 atom stereocenters. The molecule has 0 unspecified atom stereocenters. The molecule has 0 aliphatic heterocycles. The van der Waals surface area contributed by atoms with Gasteiger partial charge in [0, 0.05) is 22.5 Å². The molecule has 1 aromatic rings. The standard InChI is InChI=1S/C12H19ClN2S/c1-5-15(16-12(2,3)4)9-11-8-10(13)6-7-14-11/h6-8H,5,9H2,1-4H3. The Balaban J connectivity index is 2.63. The number of halogens is 1. The fraction of sp³-hybridized carbons (Fsp3) is 0.583. The van der Waals surface area contributed by atoms with Crippen LogP contribution in [0.1, 0.15) is 33.4 Å². The Kier molecular flexibility index (Phi) is 5.09. The molecule has 1 aromatic heterocycles. The maximum absolute atomic E-state index is 5.94. The maximum Gasteiger partial charge on any atom is 0.0568 e. The van der Waals surface area contributed by atoms with Crippen molar-refractivity contribution in [2.45, 2.75) is 39.0 Å². The fourth-order valence-electron chi connectivity index (χ4n) is 1.31. The minimum Gasteiger partial charge on any atom is -0.260 e. The second-order valence-corrected chi connectivity index (χ2v) is 6.99. The normalized spacial score (nSPS) is 12.1. The number of pyridine rings is 1. The van der Waals surface area contributed by atoms with Gasteiger partial charge < -0.3 is 0 Å². The van der Waals surface area contributed by atoms with Crippen LogP contribution < -0.4 is 0 Å². The molecule has 1 rings (SSSR count). The zero-order chi connectivity index (χ0) is 12.2. The molecule has 0 amide bonds. The average molecular weight is 259 g/mol.